The number of amides is 1. The van der Waals surface area contributed by atoms with Gasteiger partial charge in [-0.25, -0.2) is 9.97 Å². The summed E-state index contributed by atoms with van der Waals surface area (Å²) in [5.41, 5.74) is 3.61. The Kier molecular flexibility index (Phi) is 6.15. The summed E-state index contributed by atoms with van der Waals surface area (Å²) in [6, 6.07) is 9.66. The first-order valence-electron chi connectivity index (χ1n) is 10.5. The molecule has 8 nitrogen and oxygen atoms in total. The lowest BCUT2D eigenvalue weighted by Gasteiger charge is -2.36. The molecule has 2 aliphatic rings. The molecule has 4 heterocycles. The number of fused-ring (bicyclic) bond motifs is 3. The summed E-state index contributed by atoms with van der Waals surface area (Å²) < 4.78 is 1.88. The molecule has 0 N–H and O–H groups in total. The normalized spacial score (nSPS) is 16.9. The summed E-state index contributed by atoms with van der Waals surface area (Å²) in [5.74, 6) is 1.79. The van der Waals surface area contributed by atoms with E-state index in [1.165, 1.54) is 0 Å². The van der Waals surface area contributed by atoms with Crippen LogP contribution in [0.25, 0.3) is 0 Å². The lowest BCUT2D eigenvalue weighted by atomic mass is 10.1. The number of carbonyl (C=O) groups is 1. The number of hydrogen-bond acceptors (Lipinski definition) is 6. The minimum absolute atomic E-state index is 0. The van der Waals surface area contributed by atoms with E-state index < -0.39 is 0 Å². The SMILES string of the molecule is CN1C(=O)[C@@H]2CCCN2c2nc(CCc3cnn(Cc4cccc(C#N)c4)c3)ncc21.S. The van der Waals surface area contributed by atoms with Gasteiger partial charge in [-0.05, 0) is 42.5 Å². The molecule has 1 aromatic carbocycles. The van der Waals surface area contributed by atoms with Crippen molar-refractivity contribution in [3.63, 3.8) is 0 Å². The number of carbonyl (C=O) groups excluding carboxylic acids is 1. The number of rotatable bonds is 5. The van der Waals surface area contributed by atoms with Gasteiger partial charge < -0.3 is 9.80 Å². The minimum Gasteiger partial charge on any atom is -0.343 e. The molecule has 1 atom stereocenters. The van der Waals surface area contributed by atoms with Crippen molar-refractivity contribution in [2.75, 3.05) is 23.4 Å². The van der Waals surface area contributed by atoms with Crippen LogP contribution < -0.4 is 9.80 Å². The van der Waals surface area contributed by atoms with Crippen LogP contribution in [0.2, 0.25) is 0 Å². The third kappa shape index (κ3) is 4.06. The molecule has 0 bridgehead atoms. The number of nitrogens with zero attached hydrogens (tertiary/aromatic N) is 7. The highest BCUT2D eigenvalue weighted by Gasteiger charge is 2.40. The molecular weight excluding hydrogens is 422 g/mol. The first-order chi connectivity index (χ1) is 15.1. The van der Waals surface area contributed by atoms with Gasteiger partial charge in [0, 0.05) is 26.2 Å². The number of aryl methyl sites for hydroxylation is 2. The van der Waals surface area contributed by atoms with Crippen molar-refractivity contribution in [2.24, 2.45) is 0 Å². The molecule has 1 fully saturated rings. The predicted octanol–water partition coefficient (Wildman–Crippen LogP) is 2.44. The van der Waals surface area contributed by atoms with Crippen LogP contribution in [-0.4, -0.2) is 45.3 Å². The first kappa shape index (κ1) is 21.8. The van der Waals surface area contributed by atoms with E-state index in [0.29, 0.717) is 18.5 Å². The molecule has 0 spiro atoms. The van der Waals surface area contributed by atoms with Gasteiger partial charge in [-0.3, -0.25) is 9.48 Å². The van der Waals surface area contributed by atoms with Gasteiger partial charge in [0.2, 0.25) is 5.91 Å². The van der Waals surface area contributed by atoms with Crippen LogP contribution in [-0.2, 0) is 24.2 Å². The van der Waals surface area contributed by atoms with Crippen molar-refractivity contribution in [1.29, 1.82) is 5.26 Å². The maximum atomic E-state index is 12.5. The van der Waals surface area contributed by atoms with E-state index in [2.05, 4.69) is 21.1 Å². The van der Waals surface area contributed by atoms with Gasteiger partial charge in [0.05, 0.1) is 30.6 Å². The lowest BCUT2D eigenvalue weighted by molar-refractivity contribution is -0.119. The summed E-state index contributed by atoms with van der Waals surface area (Å²) in [4.78, 5) is 25.7. The molecular formula is C23H25N7OS. The van der Waals surface area contributed by atoms with Gasteiger partial charge >= 0.3 is 0 Å². The van der Waals surface area contributed by atoms with Gasteiger partial charge in [-0.15, -0.1) is 0 Å². The van der Waals surface area contributed by atoms with Crippen LogP contribution >= 0.6 is 13.5 Å². The van der Waals surface area contributed by atoms with E-state index in [-0.39, 0.29) is 25.4 Å². The quantitative estimate of drug-likeness (QED) is 0.597. The average molecular weight is 448 g/mol. The third-order valence-corrected chi connectivity index (χ3v) is 6.03. The van der Waals surface area contributed by atoms with Gasteiger partial charge in [-0.1, -0.05) is 12.1 Å². The third-order valence-electron chi connectivity index (χ3n) is 6.03. The Hall–Kier alpha value is -3.38. The fraction of sp³-hybridized carbons (Fsp3) is 0.348. The topological polar surface area (TPSA) is 90.9 Å². The maximum absolute atomic E-state index is 12.5. The molecule has 0 saturated carbocycles. The molecule has 5 rings (SSSR count). The monoisotopic (exact) mass is 447 g/mol. The molecule has 0 unspecified atom stereocenters. The molecule has 32 heavy (non-hydrogen) atoms. The Bertz CT molecular complexity index is 1190. The molecule has 0 radical (unpaired) electrons. The van der Waals surface area contributed by atoms with Crippen LogP contribution in [0.1, 0.15) is 35.4 Å². The Balaban J connectivity index is 0.00000245. The molecule has 9 heteroatoms. The van der Waals surface area contributed by atoms with Crippen LogP contribution in [0.3, 0.4) is 0 Å². The minimum atomic E-state index is -0.0852. The number of hydrogen-bond donors (Lipinski definition) is 0. The maximum Gasteiger partial charge on any atom is 0.249 e. The second-order valence-electron chi connectivity index (χ2n) is 8.10. The van der Waals surface area contributed by atoms with E-state index in [9.17, 15) is 4.79 Å². The molecule has 1 saturated heterocycles. The summed E-state index contributed by atoms with van der Waals surface area (Å²) in [6.45, 7) is 1.50. The molecule has 164 valence electrons. The van der Waals surface area contributed by atoms with E-state index in [1.807, 2.05) is 35.3 Å². The summed E-state index contributed by atoms with van der Waals surface area (Å²) in [5, 5.41) is 13.5. The highest BCUT2D eigenvalue weighted by Crippen LogP contribution is 2.37. The van der Waals surface area contributed by atoms with Crippen molar-refractivity contribution in [3.05, 3.63) is 65.4 Å². The highest BCUT2D eigenvalue weighted by atomic mass is 32.1. The van der Waals surface area contributed by atoms with Crippen LogP contribution in [0.5, 0.6) is 0 Å². The molecule has 2 aliphatic heterocycles. The summed E-state index contributed by atoms with van der Waals surface area (Å²) in [7, 11) is 1.81. The zero-order valence-corrected chi connectivity index (χ0v) is 18.9. The standard InChI is InChI=1S/C23H23N7O.H2S/c1-28-20-13-25-21(27-22(20)30-9-3-6-19(30)23(28)31)8-7-18-12-26-29(15-18)14-17-5-2-4-16(10-17)11-24;/h2,4-5,10,12-13,15,19H,3,6-9,14H2,1H3;1H2/t19-;/m0./s1. The number of likely N-dealkylation sites (N-methyl/N-ethyl adjacent to an activating group) is 1. The van der Waals surface area contributed by atoms with Crippen molar-refractivity contribution in [2.45, 2.75) is 38.3 Å². The van der Waals surface area contributed by atoms with Gasteiger partial charge in [-0.2, -0.15) is 23.9 Å². The van der Waals surface area contributed by atoms with E-state index in [4.69, 9.17) is 10.2 Å². The molecule has 3 aromatic rings. The Morgan fingerprint density at radius 2 is 2.09 bits per heavy atom. The van der Waals surface area contributed by atoms with E-state index in [0.717, 1.165) is 54.3 Å². The van der Waals surface area contributed by atoms with Crippen molar-refractivity contribution in [3.8, 4) is 6.07 Å². The van der Waals surface area contributed by atoms with Crippen molar-refractivity contribution >= 4 is 30.9 Å². The van der Waals surface area contributed by atoms with Crippen LogP contribution in [0.15, 0.2) is 42.9 Å². The highest BCUT2D eigenvalue weighted by molar-refractivity contribution is 7.59. The predicted molar refractivity (Wildman–Crippen MR) is 126 cm³/mol. The number of nitriles is 1. The molecule has 1 amide bonds. The Labute approximate surface area is 193 Å². The Morgan fingerprint density at radius 3 is 2.94 bits per heavy atom. The fourth-order valence-electron chi connectivity index (χ4n) is 4.39. The van der Waals surface area contributed by atoms with Crippen LogP contribution in [0, 0.1) is 11.3 Å². The zero-order valence-electron chi connectivity index (χ0n) is 17.9. The molecule has 2 aromatic heterocycles. The second kappa shape index (κ2) is 9.01. The Morgan fingerprint density at radius 1 is 1.22 bits per heavy atom. The van der Waals surface area contributed by atoms with Crippen LogP contribution in [0.4, 0.5) is 11.5 Å². The van der Waals surface area contributed by atoms with Gasteiger partial charge in [0.1, 0.15) is 17.6 Å². The fourth-order valence-corrected chi connectivity index (χ4v) is 4.39. The summed E-state index contributed by atoms with van der Waals surface area (Å²) in [6.07, 6.45) is 9.07. The zero-order chi connectivity index (χ0) is 21.4. The summed E-state index contributed by atoms with van der Waals surface area (Å²) >= 11 is 0. The average Bonchev–Trinajstić information content (AvgIpc) is 3.46. The van der Waals surface area contributed by atoms with Crippen molar-refractivity contribution < 1.29 is 4.79 Å². The number of anilines is 2. The van der Waals surface area contributed by atoms with Gasteiger partial charge in [0.15, 0.2) is 5.82 Å². The lowest BCUT2D eigenvalue weighted by Crippen LogP contribution is -2.49. The van der Waals surface area contributed by atoms with E-state index >= 15 is 0 Å². The van der Waals surface area contributed by atoms with Gasteiger partial charge in [0.25, 0.3) is 0 Å². The largest absolute Gasteiger partial charge is 0.343 e. The number of benzene rings is 1. The van der Waals surface area contributed by atoms with Crippen molar-refractivity contribution in [1.82, 2.24) is 19.7 Å². The van der Waals surface area contributed by atoms with E-state index in [1.54, 1.807) is 24.2 Å². The second-order valence-corrected chi connectivity index (χ2v) is 8.10. The number of aromatic nitrogens is 4. The molecule has 0 aliphatic carbocycles. The smallest absolute Gasteiger partial charge is 0.249 e. The first-order valence-corrected chi connectivity index (χ1v) is 10.5.